The minimum Gasteiger partial charge on any atom is -0.342 e. The highest BCUT2D eigenvalue weighted by atomic mass is 16.2. The van der Waals surface area contributed by atoms with Gasteiger partial charge in [0, 0.05) is 19.0 Å². The molecule has 1 unspecified atom stereocenters. The molecule has 2 heterocycles. The molecule has 0 spiro atoms. The number of likely N-dealkylation sites (tertiary alicyclic amines) is 1. The van der Waals surface area contributed by atoms with Gasteiger partial charge in [-0.25, -0.2) is 0 Å². The molecule has 3 nitrogen and oxygen atoms in total. The Hall–Kier alpha value is -0.570. The van der Waals surface area contributed by atoms with Crippen molar-refractivity contribution in [2.75, 3.05) is 26.2 Å². The number of nitrogens with one attached hydrogen (secondary N) is 1. The fraction of sp³-hybridized carbons (Fsp3) is 0.933. The van der Waals surface area contributed by atoms with Crippen LogP contribution >= 0.6 is 0 Å². The van der Waals surface area contributed by atoms with Crippen LogP contribution in [0.4, 0.5) is 0 Å². The van der Waals surface area contributed by atoms with Gasteiger partial charge in [0.25, 0.3) is 0 Å². The molecule has 3 aliphatic rings. The lowest BCUT2D eigenvalue weighted by atomic mass is 9.83. The summed E-state index contributed by atoms with van der Waals surface area (Å²) in [4.78, 5) is 14.5. The lowest BCUT2D eigenvalue weighted by Gasteiger charge is -2.35. The molecule has 2 aliphatic heterocycles. The second kappa shape index (κ2) is 5.60. The van der Waals surface area contributed by atoms with Crippen molar-refractivity contribution in [3.8, 4) is 0 Å². The monoisotopic (exact) mass is 250 g/mol. The van der Waals surface area contributed by atoms with E-state index in [9.17, 15) is 4.79 Å². The summed E-state index contributed by atoms with van der Waals surface area (Å²) in [6.07, 6.45) is 8.65. The highest BCUT2D eigenvalue weighted by molar-refractivity contribution is 5.79. The van der Waals surface area contributed by atoms with Crippen molar-refractivity contribution in [1.29, 1.82) is 0 Å². The summed E-state index contributed by atoms with van der Waals surface area (Å²) >= 11 is 0. The zero-order valence-electron chi connectivity index (χ0n) is 11.4. The summed E-state index contributed by atoms with van der Waals surface area (Å²) in [6, 6.07) is 0. The molecule has 102 valence electrons. The van der Waals surface area contributed by atoms with Gasteiger partial charge in [0.2, 0.25) is 5.91 Å². The third kappa shape index (κ3) is 2.56. The summed E-state index contributed by atoms with van der Waals surface area (Å²) in [5.41, 5.74) is 0. The molecule has 1 saturated carbocycles. The lowest BCUT2D eigenvalue weighted by molar-refractivity contribution is -0.137. The van der Waals surface area contributed by atoms with Gasteiger partial charge in [0.1, 0.15) is 0 Å². The highest BCUT2D eigenvalue weighted by Crippen LogP contribution is 2.32. The van der Waals surface area contributed by atoms with Gasteiger partial charge in [0.05, 0.1) is 0 Å². The van der Waals surface area contributed by atoms with E-state index >= 15 is 0 Å². The number of nitrogens with zero attached hydrogens (tertiary/aromatic N) is 1. The molecule has 0 radical (unpaired) electrons. The van der Waals surface area contributed by atoms with E-state index in [-0.39, 0.29) is 0 Å². The van der Waals surface area contributed by atoms with Crippen LogP contribution in [0.3, 0.4) is 0 Å². The van der Waals surface area contributed by atoms with Crippen LogP contribution in [0.25, 0.3) is 0 Å². The van der Waals surface area contributed by atoms with Crippen LogP contribution in [0.5, 0.6) is 0 Å². The normalized spacial score (nSPS) is 31.1. The number of piperidine rings is 1. The molecule has 1 amide bonds. The molecule has 1 aliphatic carbocycles. The maximum atomic E-state index is 12.3. The average molecular weight is 250 g/mol. The van der Waals surface area contributed by atoms with Gasteiger partial charge >= 0.3 is 0 Å². The molecule has 2 saturated heterocycles. The smallest absolute Gasteiger partial charge is 0.225 e. The molecule has 0 aromatic rings. The number of carbonyl (C=O) groups excluding carboxylic acids is 1. The van der Waals surface area contributed by atoms with Crippen molar-refractivity contribution in [3.63, 3.8) is 0 Å². The average Bonchev–Trinajstić information content (AvgIpc) is 3.11. The van der Waals surface area contributed by atoms with E-state index in [1.807, 2.05) is 0 Å². The Balaban J connectivity index is 1.48. The maximum Gasteiger partial charge on any atom is 0.225 e. The van der Waals surface area contributed by atoms with Crippen molar-refractivity contribution in [2.45, 2.75) is 44.9 Å². The first kappa shape index (κ1) is 12.5. The number of hydrogen-bond donors (Lipinski definition) is 1. The van der Waals surface area contributed by atoms with E-state index < -0.39 is 0 Å². The van der Waals surface area contributed by atoms with E-state index in [2.05, 4.69) is 10.2 Å². The molecular formula is C15H26N2O. The van der Waals surface area contributed by atoms with E-state index in [0.717, 1.165) is 37.8 Å². The first-order chi connectivity index (χ1) is 8.84. The molecule has 3 heteroatoms. The Bertz CT molecular complexity index is 285. The summed E-state index contributed by atoms with van der Waals surface area (Å²) < 4.78 is 0. The molecule has 3 fully saturated rings. The fourth-order valence-electron chi connectivity index (χ4n) is 4.10. The fourth-order valence-corrected chi connectivity index (χ4v) is 4.10. The van der Waals surface area contributed by atoms with Crippen LogP contribution in [0.15, 0.2) is 0 Å². The first-order valence-corrected chi connectivity index (χ1v) is 7.84. The number of hydrogen-bond acceptors (Lipinski definition) is 2. The quantitative estimate of drug-likeness (QED) is 0.813. The number of amides is 1. The Morgan fingerprint density at radius 3 is 2.28 bits per heavy atom. The van der Waals surface area contributed by atoms with Gasteiger partial charge in [-0.05, 0) is 57.0 Å². The van der Waals surface area contributed by atoms with Gasteiger partial charge in [-0.2, -0.15) is 0 Å². The number of rotatable bonds is 2. The largest absolute Gasteiger partial charge is 0.342 e. The van der Waals surface area contributed by atoms with Gasteiger partial charge in [-0.3, -0.25) is 4.79 Å². The van der Waals surface area contributed by atoms with Crippen LogP contribution in [-0.4, -0.2) is 37.0 Å². The SMILES string of the molecule is O=C(C1CCCC1)N1CCC(C2CCNC2)CC1. The molecular weight excluding hydrogens is 224 g/mol. The van der Waals surface area contributed by atoms with Crippen molar-refractivity contribution >= 4 is 5.91 Å². The lowest BCUT2D eigenvalue weighted by Crippen LogP contribution is -2.42. The van der Waals surface area contributed by atoms with Gasteiger partial charge < -0.3 is 10.2 Å². The van der Waals surface area contributed by atoms with E-state index in [1.165, 1.54) is 45.2 Å². The highest BCUT2D eigenvalue weighted by Gasteiger charge is 2.33. The predicted molar refractivity (Wildman–Crippen MR) is 72.2 cm³/mol. The third-order valence-electron chi connectivity index (χ3n) is 5.32. The van der Waals surface area contributed by atoms with Crippen LogP contribution in [0.1, 0.15) is 44.9 Å². The summed E-state index contributed by atoms with van der Waals surface area (Å²) in [5, 5.41) is 3.47. The molecule has 0 aromatic carbocycles. The molecule has 1 atom stereocenters. The van der Waals surface area contributed by atoms with Crippen LogP contribution in [0, 0.1) is 17.8 Å². The van der Waals surface area contributed by atoms with Crippen LogP contribution in [0.2, 0.25) is 0 Å². The summed E-state index contributed by atoms with van der Waals surface area (Å²) in [6.45, 7) is 4.46. The number of carbonyl (C=O) groups is 1. The molecule has 3 rings (SSSR count). The van der Waals surface area contributed by atoms with Gasteiger partial charge in [0.15, 0.2) is 0 Å². The Labute approximate surface area is 110 Å². The van der Waals surface area contributed by atoms with Crippen molar-refractivity contribution in [3.05, 3.63) is 0 Å². The second-order valence-corrected chi connectivity index (χ2v) is 6.40. The predicted octanol–water partition coefficient (Wildman–Crippen LogP) is 2.02. The van der Waals surface area contributed by atoms with Gasteiger partial charge in [-0.1, -0.05) is 12.8 Å². The second-order valence-electron chi connectivity index (χ2n) is 6.40. The minimum absolute atomic E-state index is 0.370. The van der Waals surface area contributed by atoms with Crippen LogP contribution in [-0.2, 0) is 4.79 Å². The van der Waals surface area contributed by atoms with E-state index in [0.29, 0.717) is 11.8 Å². The first-order valence-electron chi connectivity index (χ1n) is 7.84. The Kier molecular flexibility index (Phi) is 3.88. The van der Waals surface area contributed by atoms with Crippen molar-refractivity contribution < 1.29 is 4.79 Å². The third-order valence-corrected chi connectivity index (χ3v) is 5.32. The van der Waals surface area contributed by atoms with Gasteiger partial charge in [-0.15, -0.1) is 0 Å². The maximum absolute atomic E-state index is 12.3. The zero-order chi connectivity index (χ0) is 12.4. The van der Waals surface area contributed by atoms with Crippen LogP contribution < -0.4 is 5.32 Å². The minimum atomic E-state index is 0.370. The Morgan fingerprint density at radius 1 is 0.944 bits per heavy atom. The summed E-state index contributed by atoms with van der Waals surface area (Å²) in [5.74, 6) is 2.59. The Morgan fingerprint density at radius 2 is 1.67 bits per heavy atom. The van der Waals surface area contributed by atoms with E-state index in [4.69, 9.17) is 0 Å². The van der Waals surface area contributed by atoms with E-state index in [1.54, 1.807) is 0 Å². The summed E-state index contributed by atoms with van der Waals surface area (Å²) in [7, 11) is 0. The van der Waals surface area contributed by atoms with Crippen molar-refractivity contribution in [2.24, 2.45) is 17.8 Å². The standard InChI is InChI=1S/C15H26N2O/c18-15(13-3-1-2-4-13)17-9-6-12(7-10-17)14-5-8-16-11-14/h12-14,16H,1-11H2. The zero-order valence-corrected chi connectivity index (χ0v) is 11.4. The molecule has 1 N–H and O–H groups in total. The van der Waals surface area contributed by atoms with Crippen molar-refractivity contribution in [1.82, 2.24) is 10.2 Å². The molecule has 18 heavy (non-hydrogen) atoms. The molecule has 0 aromatic heterocycles. The topological polar surface area (TPSA) is 32.3 Å². The molecule has 0 bridgehead atoms.